The highest BCUT2D eigenvalue weighted by molar-refractivity contribution is 6.36. The van der Waals surface area contributed by atoms with Crippen LogP contribution in [0.25, 0.3) is 11.3 Å². The summed E-state index contributed by atoms with van der Waals surface area (Å²) in [5.41, 5.74) is 2.80. The Balaban J connectivity index is 2.53. The highest BCUT2D eigenvalue weighted by Crippen LogP contribution is 2.29. The van der Waals surface area contributed by atoms with Crippen molar-refractivity contribution in [3.63, 3.8) is 0 Å². The van der Waals surface area contributed by atoms with E-state index in [1.165, 1.54) is 0 Å². The van der Waals surface area contributed by atoms with Gasteiger partial charge in [0, 0.05) is 21.8 Å². The first-order chi connectivity index (χ1) is 8.11. The van der Waals surface area contributed by atoms with E-state index in [9.17, 15) is 4.79 Å². The smallest absolute Gasteiger partial charge is 0.151 e. The van der Waals surface area contributed by atoms with Gasteiger partial charge in [-0.15, -0.1) is 0 Å². The van der Waals surface area contributed by atoms with Crippen molar-refractivity contribution in [1.82, 2.24) is 4.98 Å². The van der Waals surface area contributed by atoms with Gasteiger partial charge in [-0.1, -0.05) is 23.2 Å². The number of pyridine rings is 1. The van der Waals surface area contributed by atoms with E-state index in [1.807, 2.05) is 6.07 Å². The van der Waals surface area contributed by atoms with Crippen LogP contribution in [0.2, 0.25) is 10.0 Å². The molecule has 0 saturated heterocycles. The molecule has 0 aliphatic heterocycles. The molecule has 1 aromatic heterocycles. The number of aromatic nitrogens is 1. The van der Waals surface area contributed by atoms with Crippen LogP contribution in [-0.4, -0.2) is 11.3 Å². The number of aryl methyl sites for hydroxylation is 1. The maximum atomic E-state index is 10.7. The summed E-state index contributed by atoms with van der Waals surface area (Å²) in [5.74, 6) is 0. The molecule has 0 saturated carbocycles. The van der Waals surface area contributed by atoms with Crippen LogP contribution >= 0.6 is 23.2 Å². The zero-order chi connectivity index (χ0) is 12.4. The SMILES string of the molecule is Cc1nc(-c2ccc(Cl)cc2Cl)ccc1C=O. The first-order valence-electron chi connectivity index (χ1n) is 5.00. The lowest BCUT2D eigenvalue weighted by molar-refractivity contribution is 0.112. The van der Waals surface area contributed by atoms with E-state index in [0.29, 0.717) is 21.3 Å². The van der Waals surface area contributed by atoms with Gasteiger partial charge in [-0.3, -0.25) is 9.78 Å². The molecule has 1 aromatic carbocycles. The summed E-state index contributed by atoms with van der Waals surface area (Å²) in [5, 5.41) is 1.13. The molecule has 4 heteroatoms. The molecule has 1 heterocycles. The van der Waals surface area contributed by atoms with Crippen molar-refractivity contribution in [2.75, 3.05) is 0 Å². The zero-order valence-electron chi connectivity index (χ0n) is 9.08. The van der Waals surface area contributed by atoms with Crippen LogP contribution in [0.1, 0.15) is 16.1 Å². The lowest BCUT2D eigenvalue weighted by Crippen LogP contribution is -1.93. The fourth-order valence-corrected chi connectivity index (χ4v) is 2.05. The third kappa shape index (κ3) is 2.48. The number of hydrogen-bond donors (Lipinski definition) is 0. The molecule has 17 heavy (non-hydrogen) atoms. The molecule has 0 aliphatic rings. The number of aldehydes is 1. The Morgan fingerprint density at radius 1 is 1.18 bits per heavy atom. The van der Waals surface area contributed by atoms with Crippen LogP contribution in [0.5, 0.6) is 0 Å². The monoisotopic (exact) mass is 265 g/mol. The molecule has 2 nitrogen and oxygen atoms in total. The number of benzene rings is 1. The summed E-state index contributed by atoms with van der Waals surface area (Å²) >= 11 is 11.9. The van der Waals surface area contributed by atoms with E-state index in [1.54, 1.807) is 31.2 Å². The second-order valence-corrected chi connectivity index (χ2v) is 4.46. The van der Waals surface area contributed by atoms with Gasteiger partial charge in [0.25, 0.3) is 0 Å². The first-order valence-corrected chi connectivity index (χ1v) is 5.75. The molecule has 2 rings (SSSR count). The Morgan fingerprint density at radius 3 is 2.53 bits per heavy atom. The minimum Gasteiger partial charge on any atom is -0.298 e. The van der Waals surface area contributed by atoms with Gasteiger partial charge >= 0.3 is 0 Å². The average Bonchev–Trinajstić information content (AvgIpc) is 2.29. The third-order valence-electron chi connectivity index (χ3n) is 2.46. The van der Waals surface area contributed by atoms with Crippen LogP contribution in [0, 0.1) is 6.92 Å². The fraction of sp³-hybridized carbons (Fsp3) is 0.0769. The molecule has 2 aromatic rings. The van der Waals surface area contributed by atoms with Crippen molar-refractivity contribution in [1.29, 1.82) is 0 Å². The normalized spacial score (nSPS) is 10.3. The van der Waals surface area contributed by atoms with Gasteiger partial charge in [0.1, 0.15) is 0 Å². The van der Waals surface area contributed by atoms with E-state index in [2.05, 4.69) is 4.98 Å². The number of nitrogens with zero attached hydrogens (tertiary/aromatic N) is 1. The summed E-state index contributed by atoms with van der Waals surface area (Å²) in [4.78, 5) is 15.0. The third-order valence-corrected chi connectivity index (χ3v) is 3.01. The summed E-state index contributed by atoms with van der Waals surface area (Å²) < 4.78 is 0. The van der Waals surface area contributed by atoms with E-state index < -0.39 is 0 Å². The first kappa shape index (κ1) is 12.1. The molecule has 0 fully saturated rings. The lowest BCUT2D eigenvalue weighted by Gasteiger charge is -2.06. The van der Waals surface area contributed by atoms with Crippen molar-refractivity contribution < 1.29 is 4.79 Å². The molecule has 0 amide bonds. The Bertz CT molecular complexity index is 582. The summed E-state index contributed by atoms with van der Waals surface area (Å²) in [6.07, 6.45) is 0.787. The number of rotatable bonds is 2. The van der Waals surface area contributed by atoms with Gasteiger partial charge in [0.2, 0.25) is 0 Å². The number of hydrogen-bond acceptors (Lipinski definition) is 2. The minimum absolute atomic E-state index is 0.545. The molecular formula is C13H9Cl2NO. The Hall–Kier alpha value is -1.38. The second-order valence-electron chi connectivity index (χ2n) is 3.61. The molecule has 0 bridgehead atoms. The maximum absolute atomic E-state index is 10.7. The molecule has 0 atom stereocenters. The molecule has 0 spiro atoms. The lowest BCUT2D eigenvalue weighted by atomic mass is 10.1. The quantitative estimate of drug-likeness (QED) is 0.763. The molecule has 0 aliphatic carbocycles. The Morgan fingerprint density at radius 2 is 1.94 bits per heavy atom. The van der Waals surface area contributed by atoms with E-state index >= 15 is 0 Å². The molecule has 0 N–H and O–H groups in total. The summed E-state index contributed by atoms with van der Waals surface area (Å²) in [6, 6.07) is 8.74. The van der Waals surface area contributed by atoms with Crippen LogP contribution < -0.4 is 0 Å². The van der Waals surface area contributed by atoms with E-state index in [-0.39, 0.29) is 0 Å². The van der Waals surface area contributed by atoms with Gasteiger partial charge in [-0.2, -0.15) is 0 Å². The van der Waals surface area contributed by atoms with Crippen LogP contribution in [-0.2, 0) is 0 Å². The van der Waals surface area contributed by atoms with Gasteiger partial charge in [0.05, 0.1) is 10.7 Å². The van der Waals surface area contributed by atoms with Crippen molar-refractivity contribution >= 4 is 29.5 Å². The largest absolute Gasteiger partial charge is 0.298 e. The van der Waals surface area contributed by atoms with Gasteiger partial charge in [-0.25, -0.2) is 0 Å². The highest BCUT2D eigenvalue weighted by Gasteiger charge is 2.07. The second kappa shape index (κ2) is 4.86. The van der Waals surface area contributed by atoms with E-state index in [4.69, 9.17) is 23.2 Å². The van der Waals surface area contributed by atoms with Crippen LogP contribution in [0.4, 0.5) is 0 Å². The zero-order valence-corrected chi connectivity index (χ0v) is 10.6. The predicted molar refractivity (Wildman–Crippen MR) is 69.8 cm³/mol. The van der Waals surface area contributed by atoms with E-state index in [0.717, 1.165) is 17.5 Å². The Kier molecular flexibility index (Phi) is 3.46. The van der Waals surface area contributed by atoms with Crippen molar-refractivity contribution in [3.05, 3.63) is 51.6 Å². The van der Waals surface area contributed by atoms with Gasteiger partial charge in [0.15, 0.2) is 6.29 Å². The topological polar surface area (TPSA) is 30.0 Å². The van der Waals surface area contributed by atoms with Crippen LogP contribution in [0.3, 0.4) is 0 Å². The van der Waals surface area contributed by atoms with Crippen LogP contribution in [0.15, 0.2) is 30.3 Å². The van der Waals surface area contributed by atoms with Crippen molar-refractivity contribution in [3.8, 4) is 11.3 Å². The maximum Gasteiger partial charge on any atom is 0.151 e. The highest BCUT2D eigenvalue weighted by atomic mass is 35.5. The minimum atomic E-state index is 0.545. The molecule has 0 unspecified atom stereocenters. The average molecular weight is 266 g/mol. The summed E-state index contributed by atoms with van der Waals surface area (Å²) in [7, 11) is 0. The summed E-state index contributed by atoms with van der Waals surface area (Å²) in [6.45, 7) is 1.79. The van der Waals surface area contributed by atoms with Gasteiger partial charge < -0.3 is 0 Å². The number of carbonyl (C=O) groups is 1. The standard InChI is InChI=1S/C13H9Cl2NO/c1-8-9(7-17)2-5-13(16-8)11-4-3-10(14)6-12(11)15/h2-7H,1H3. The van der Waals surface area contributed by atoms with Crippen molar-refractivity contribution in [2.24, 2.45) is 0 Å². The Labute approximate surface area is 109 Å². The predicted octanol–water partition coefficient (Wildman–Crippen LogP) is 4.18. The molecular weight excluding hydrogens is 257 g/mol. The van der Waals surface area contributed by atoms with Gasteiger partial charge in [-0.05, 0) is 37.3 Å². The fourth-order valence-electron chi connectivity index (χ4n) is 1.54. The number of carbonyl (C=O) groups excluding carboxylic acids is 1. The van der Waals surface area contributed by atoms with Crippen molar-refractivity contribution in [2.45, 2.75) is 6.92 Å². The molecule has 0 radical (unpaired) electrons. The molecule has 86 valence electrons. The number of halogens is 2.